The fourth-order valence-corrected chi connectivity index (χ4v) is 7.74. The van der Waals surface area contributed by atoms with Crippen LogP contribution >= 0.6 is 0 Å². The molecule has 0 atom stereocenters. The van der Waals surface area contributed by atoms with Crippen LogP contribution in [0.1, 0.15) is 34.4 Å². The number of allylic oxidation sites excluding steroid dienone is 1. The molecule has 9 rings (SSSR count). The van der Waals surface area contributed by atoms with E-state index in [2.05, 4.69) is 88.0 Å². The molecule has 1 aliphatic rings. The zero-order chi connectivity index (χ0) is 33.8. The zero-order valence-electron chi connectivity index (χ0n) is 26.9. The van der Waals surface area contributed by atoms with Crippen LogP contribution in [0, 0.1) is 34.0 Å². The lowest BCUT2D eigenvalue weighted by molar-refractivity contribution is 0.968. The SMILES string of the molecule is N#Cc1ccc2c(c1)c1ccccc1n2-c1ccc(-c2c(C#N)cc(-c3ccccc3-n3c4c(c5ccccc53)CCC=C4)cc2C#N)cc1. The summed E-state index contributed by atoms with van der Waals surface area (Å²) in [6.07, 6.45) is 6.45. The van der Waals surface area contributed by atoms with E-state index in [1.165, 1.54) is 16.6 Å². The van der Waals surface area contributed by atoms with Crippen LogP contribution in [0.15, 0.2) is 133 Å². The topological polar surface area (TPSA) is 81.2 Å². The number of para-hydroxylation sites is 3. The summed E-state index contributed by atoms with van der Waals surface area (Å²) in [4.78, 5) is 0. The Morgan fingerprint density at radius 2 is 1.20 bits per heavy atom. The number of aryl methyl sites for hydroxylation is 1. The molecule has 5 heteroatoms. The van der Waals surface area contributed by atoms with E-state index in [4.69, 9.17) is 0 Å². The van der Waals surface area contributed by atoms with Crippen LogP contribution in [0.3, 0.4) is 0 Å². The van der Waals surface area contributed by atoms with Gasteiger partial charge in [-0.25, -0.2) is 0 Å². The highest BCUT2D eigenvalue weighted by molar-refractivity contribution is 6.09. The van der Waals surface area contributed by atoms with Crippen LogP contribution in [0.4, 0.5) is 0 Å². The molecule has 0 saturated carbocycles. The molecule has 8 aromatic rings. The van der Waals surface area contributed by atoms with Crippen molar-refractivity contribution in [2.75, 3.05) is 0 Å². The predicted octanol–water partition coefficient (Wildman–Crippen LogP) is 10.6. The molecule has 2 heterocycles. The van der Waals surface area contributed by atoms with Gasteiger partial charge < -0.3 is 9.13 Å². The molecule has 0 saturated heterocycles. The first-order valence-electron chi connectivity index (χ1n) is 16.6. The molecule has 6 aromatic carbocycles. The Labute approximate surface area is 289 Å². The van der Waals surface area contributed by atoms with Gasteiger partial charge in [-0.2, -0.15) is 15.8 Å². The molecule has 0 aliphatic heterocycles. The van der Waals surface area contributed by atoms with Crippen molar-refractivity contribution in [1.82, 2.24) is 9.13 Å². The van der Waals surface area contributed by atoms with Crippen LogP contribution in [0.2, 0.25) is 0 Å². The molecule has 0 amide bonds. The largest absolute Gasteiger partial charge is 0.309 e. The molecule has 232 valence electrons. The summed E-state index contributed by atoms with van der Waals surface area (Å²) in [6, 6.07) is 49.6. The predicted molar refractivity (Wildman–Crippen MR) is 200 cm³/mol. The molecule has 50 heavy (non-hydrogen) atoms. The van der Waals surface area contributed by atoms with Crippen molar-refractivity contribution in [2.24, 2.45) is 0 Å². The van der Waals surface area contributed by atoms with Crippen molar-refractivity contribution in [3.05, 3.63) is 161 Å². The van der Waals surface area contributed by atoms with Crippen molar-refractivity contribution in [3.63, 3.8) is 0 Å². The first-order valence-corrected chi connectivity index (χ1v) is 16.6. The first-order chi connectivity index (χ1) is 24.7. The maximum atomic E-state index is 10.5. The summed E-state index contributed by atoms with van der Waals surface area (Å²) in [5.41, 5.74) is 12.4. The Hall–Kier alpha value is -7.13. The second-order valence-corrected chi connectivity index (χ2v) is 12.6. The summed E-state index contributed by atoms with van der Waals surface area (Å²) in [5.74, 6) is 0. The fourth-order valence-electron chi connectivity index (χ4n) is 7.74. The van der Waals surface area contributed by atoms with Gasteiger partial charge in [-0.3, -0.25) is 0 Å². The third kappa shape index (κ3) is 4.37. The number of hydrogen-bond donors (Lipinski definition) is 0. The summed E-state index contributed by atoms with van der Waals surface area (Å²) >= 11 is 0. The number of aromatic nitrogens is 2. The molecule has 2 aromatic heterocycles. The van der Waals surface area contributed by atoms with Crippen LogP contribution in [-0.2, 0) is 6.42 Å². The molecule has 0 spiro atoms. The van der Waals surface area contributed by atoms with Gasteiger partial charge in [0.1, 0.15) is 0 Å². The number of nitriles is 3. The van der Waals surface area contributed by atoms with Crippen LogP contribution < -0.4 is 0 Å². The Bertz CT molecular complexity index is 2810. The Kier molecular flexibility index (Phi) is 6.70. The van der Waals surface area contributed by atoms with E-state index in [9.17, 15) is 15.8 Å². The Morgan fingerprint density at radius 1 is 0.540 bits per heavy atom. The Morgan fingerprint density at radius 3 is 1.94 bits per heavy atom. The van der Waals surface area contributed by atoms with E-state index in [1.807, 2.05) is 78.9 Å². The third-order valence-electron chi connectivity index (χ3n) is 9.91. The normalized spacial score (nSPS) is 12.1. The maximum absolute atomic E-state index is 10.5. The smallest absolute Gasteiger partial charge is 0.0998 e. The van der Waals surface area contributed by atoms with Crippen molar-refractivity contribution >= 4 is 38.8 Å². The highest BCUT2D eigenvalue weighted by Crippen LogP contribution is 2.40. The number of rotatable bonds is 4. The highest BCUT2D eigenvalue weighted by atomic mass is 15.0. The summed E-state index contributed by atoms with van der Waals surface area (Å²) in [6.45, 7) is 0. The minimum absolute atomic E-state index is 0.446. The van der Waals surface area contributed by atoms with Crippen LogP contribution in [0.5, 0.6) is 0 Å². The maximum Gasteiger partial charge on any atom is 0.0998 e. The van der Waals surface area contributed by atoms with E-state index >= 15 is 0 Å². The molecular weight excluding hydrogens is 611 g/mol. The van der Waals surface area contributed by atoms with Gasteiger partial charge in [0.25, 0.3) is 0 Å². The number of fused-ring (bicyclic) bond motifs is 6. The minimum Gasteiger partial charge on any atom is -0.309 e. The van der Waals surface area contributed by atoms with Crippen LogP contribution in [0.25, 0.3) is 72.4 Å². The lowest BCUT2D eigenvalue weighted by Gasteiger charge is -2.17. The minimum atomic E-state index is 0.446. The Balaban J connectivity index is 1.17. The standard InChI is InChI=1S/C45H27N5/c46-26-29-17-22-44-39(23-29)38-12-4-6-14-41(38)49(44)34-20-18-30(19-21-34)45-32(27-47)24-31(25-33(45)28-48)35-9-1-5-13-40(35)50-42-15-7-2-10-36(42)37-11-3-8-16-43(37)50/h1-2,4-10,12-25H,3,11H2. The third-order valence-corrected chi connectivity index (χ3v) is 9.91. The van der Waals surface area contributed by atoms with Crippen molar-refractivity contribution < 1.29 is 0 Å². The molecule has 1 aliphatic carbocycles. The molecular formula is C45H27N5. The van der Waals surface area contributed by atoms with E-state index in [1.54, 1.807) is 0 Å². The van der Waals surface area contributed by atoms with Gasteiger partial charge in [-0.05, 0) is 96.3 Å². The molecule has 0 bridgehead atoms. The first kappa shape index (κ1) is 29.0. The van der Waals surface area contributed by atoms with E-state index in [0.717, 1.165) is 68.2 Å². The van der Waals surface area contributed by atoms with Crippen molar-refractivity contribution in [1.29, 1.82) is 15.8 Å². The van der Waals surface area contributed by atoms with Crippen molar-refractivity contribution in [3.8, 4) is 51.8 Å². The van der Waals surface area contributed by atoms with Crippen LogP contribution in [-0.4, -0.2) is 9.13 Å². The zero-order valence-corrected chi connectivity index (χ0v) is 26.9. The second-order valence-electron chi connectivity index (χ2n) is 12.6. The second kappa shape index (κ2) is 11.5. The molecule has 0 radical (unpaired) electrons. The van der Waals surface area contributed by atoms with Gasteiger partial charge in [0.05, 0.1) is 57.1 Å². The quantitative estimate of drug-likeness (QED) is 0.193. The van der Waals surface area contributed by atoms with E-state index < -0.39 is 0 Å². The van der Waals surface area contributed by atoms with Gasteiger partial charge in [-0.15, -0.1) is 0 Å². The number of benzene rings is 6. The van der Waals surface area contributed by atoms with Gasteiger partial charge in [0.2, 0.25) is 0 Å². The van der Waals surface area contributed by atoms with E-state index in [-0.39, 0.29) is 0 Å². The fraction of sp³-hybridized carbons (Fsp3) is 0.0444. The highest BCUT2D eigenvalue weighted by Gasteiger charge is 2.22. The summed E-state index contributed by atoms with van der Waals surface area (Å²) in [7, 11) is 0. The number of nitrogens with zero attached hydrogens (tertiary/aromatic N) is 5. The molecule has 0 N–H and O–H groups in total. The summed E-state index contributed by atoms with van der Waals surface area (Å²) in [5, 5.41) is 33.9. The lowest BCUT2D eigenvalue weighted by atomic mass is 9.90. The van der Waals surface area contributed by atoms with Gasteiger partial charge >= 0.3 is 0 Å². The molecule has 0 fully saturated rings. The van der Waals surface area contributed by atoms with E-state index in [0.29, 0.717) is 22.3 Å². The number of hydrogen-bond acceptors (Lipinski definition) is 3. The summed E-state index contributed by atoms with van der Waals surface area (Å²) < 4.78 is 4.50. The monoisotopic (exact) mass is 637 g/mol. The van der Waals surface area contributed by atoms with Gasteiger partial charge in [0, 0.05) is 38.7 Å². The lowest BCUT2D eigenvalue weighted by Crippen LogP contribution is -2.02. The molecule has 0 unspecified atom stereocenters. The average Bonchev–Trinajstić information content (AvgIpc) is 3.70. The van der Waals surface area contributed by atoms with Gasteiger partial charge in [0.15, 0.2) is 0 Å². The van der Waals surface area contributed by atoms with Crippen molar-refractivity contribution in [2.45, 2.75) is 12.8 Å². The van der Waals surface area contributed by atoms with Gasteiger partial charge in [-0.1, -0.05) is 72.8 Å². The molecule has 5 nitrogen and oxygen atoms in total. The average molecular weight is 638 g/mol.